The van der Waals surface area contributed by atoms with Gasteiger partial charge in [-0.25, -0.2) is 0 Å². The molecule has 4 nitrogen and oxygen atoms in total. The van der Waals surface area contributed by atoms with Gasteiger partial charge in [0.15, 0.2) is 0 Å². The van der Waals surface area contributed by atoms with Crippen LogP contribution in [0.4, 0.5) is 5.13 Å². The second-order valence-electron chi connectivity index (χ2n) is 5.68. The van der Waals surface area contributed by atoms with Gasteiger partial charge in [0.05, 0.1) is 6.04 Å². The first-order valence-electron chi connectivity index (χ1n) is 7.57. The summed E-state index contributed by atoms with van der Waals surface area (Å²) in [5.74, 6) is 0. The molecule has 1 saturated heterocycles. The van der Waals surface area contributed by atoms with Crippen LogP contribution in [0.2, 0.25) is 0 Å². The minimum absolute atomic E-state index is 0.414. The molecule has 0 spiro atoms. The van der Waals surface area contributed by atoms with Gasteiger partial charge in [0.25, 0.3) is 0 Å². The first-order chi connectivity index (χ1) is 10.2. The molecule has 0 aliphatic carbocycles. The average molecular weight is 302 g/mol. The number of likely N-dealkylation sites (tertiary alicyclic amines) is 1. The van der Waals surface area contributed by atoms with Crippen LogP contribution in [0.3, 0.4) is 0 Å². The first kappa shape index (κ1) is 14.5. The maximum Gasteiger partial charge on any atom is 0.205 e. The third-order valence-corrected chi connectivity index (χ3v) is 4.81. The molecule has 1 aliphatic rings. The molecule has 0 radical (unpaired) electrons. The zero-order valence-corrected chi connectivity index (χ0v) is 13.5. The Morgan fingerprint density at radius 1 is 1.14 bits per heavy atom. The number of aromatic nitrogens is 2. The Balaban J connectivity index is 1.73. The summed E-state index contributed by atoms with van der Waals surface area (Å²) in [4.78, 5) is 2.57. The molecule has 2 aromatic rings. The molecule has 21 heavy (non-hydrogen) atoms. The van der Waals surface area contributed by atoms with Crippen LogP contribution in [0.1, 0.15) is 35.0 Å². The molecule has 1 aromatic carbocycles. The van der Waals surface area contributed by atoms with Crippen LogP contribution in [0.5, 0.6) is 0 Å². The zero-order chi connectivity index (χ0) is 14.7. The number of aryl methyl sites for hydroxylation is 2. The van der Waals surface area contributed by atoms with Crippen LogP contribution >= 0.6 is 11.3 Å². The molecule has 112 valence electrons. The summed E-state index contributed by atoms with van der Waals surface area (Å²) in [5, 5.41) is 13.6. The lowest BCUT2D eigenvalue weighted by Crippen LogP contribution is -2.31. The molecule has 1 aliphatic heterocycles. The Hall–Kier alpha value is -1.46. The van der Waals surface area contributed by atoms with Crippen LogP contribution in [0, 0.1) is 13.8 Å². The summed E-state index contributed by atoms with van der Waals surface area (Å²) in [6.45, 7) is 7.39. The van der Waals surface area contributed by atoms with Gasteiger partial charge in [0, 0.05) is 6.54 Å². The van der Waals surface area contributed by atoms with Crippen molar-refractivity contribution < 1.29 is 0 Å². The lowest BCUT2D eigenvalue weighted by atomic mass is 10.0. The van der Waals surface area contributed by atoms with E-state index in [0.717, 1.165) is 16.7 Å². The topological polar surface area (TPSA) is 41.1 Å². The number of hydrogen-bond donors (Lipinski definition) is 1. The minimum atomic E-state index is 0.414. The number of anilines is 1. The summed E-state index contributed by atoms with van der Waals surface area (Å²) >= 11 is 1.62. The van der Waals surface area contributed by atoms with Crippen molar-refractivity contribution in [1.29, 1.82) is 0 Å². The molecule has 1 N–H and O–H groups in total. The van der Waals surface area contributed by atoms with Gasteiger partial charge in [0.1, 0.15) is 5.01 Å². The number of nitrogens with zero attached hydrogens (tertiary/aromatic N) is 3. The maximum atomic E-state index is 4.16. The highest BCUT2D eigenvalue weighted by atomic mass is 32.1. The van der Waals surface area contributed by atoms with Gasteiger partial charge < -0.3 is 5.32 Å². The molecule has 1 aromatic heterocycles. The van der Waals surface area contributed by atoms with Crippen LogP contribution < -0.4 is 5.32 Å². The van der Waals surface area contributed by atoms with Gasteiger partial charge in [-0.05, 0) is 45.3 Å². The van der Waals surface area contributed by atoms with Crippen molar-refractivity contribution >= 4 is 16.5 Å². The lowest BCUT2D eigenvalue weighted by molar-refractivity contribution is 0.256. The van der Waals surface area contributed by atoms with Crippen molar-refractivity contribution in [1.82, 2.24) is 15.1 Å². The van der Waals surface area contributed by atoms with E-state index >= 15 is 0 Å². The fraction of sp³-hybridized carbons (Fsp3) is 0.500. The van der Waals surface area contributed by atoms with E-state index in [2.05, 4.69) is 51.6 Å². The lowest BCUT2D eigenvalue weighted by Gasteiger charge is -2.28. The van der Waals surface area contributed by atoms with E-state index in [1.165, 1.54) is 37.1 Å². The van der Waals surface area contributed by atoms with Crippen molar-refractivity contribution in [3.8, 4) is 0 Å². The van der Waals surface area contributed by atoms with Crippen molar-refractivity contribution in [3.63, 3.8) is 0 Å². The monoisotopic (exact) mass is 302 g/mol. The van der Waals surface area contributed by atoms with Gasteiger partial charge in [-0.15, -0.1) is 10.2 Å². The molecule has 1 atom stereocenters. The van der Waals surface area contributed by atoms with Crippen LogP contribution in [-0.2, 0) is 0 Å². The average Bonchev–Trinajstić information content (AvgIpc) is 3.13. The fourth-order valence-corrected chi connectivity index (χ4v) is 3.45. The third kappa shape index (κ3) is 3.60. The smallest absolute Gasteiger partial charge is 0.205 e. The van der Waals surface area contributed by atoms with Crippen LogP contribution in [-0.4, -0.2) is 34.7 Å². The molecule has 1 fully saturated rings. The molecule has 0 bridgehead atoms. The second-order valence-corrected chi connectivity index (χ2v) is 6.86. The Kier molecular flexibility index (Phi) is 4.51. The quantitative estimate of drug-likeness (QED) is 0.919. The van der Waals surface area contributed by atoms with E-state index in [4.69, 9.17) is 0 Å². The maximum absolute atomic E-state index is 4.16. The summed E-state index contributed by atoms with van der Waals surface area (Å²) in [6.07, 6.45) is 2.61. The molecule has 1 unspecified atom stereocenters. The van der Waals surface area contributed by atoms with Crippen molar-refractivity contribution in [2.24, 2.45) is 0 Å². The number of benzene rings is 1. The number of nitrogens with one attached hydrogen (secondary N) is 1. The van der Waals surface area contributed by atoms with E-state index in [1.807, 2.05) is 6.92 Å². The normalized spacial score (nSPS) is 17.0. The standard InChI is InChI=1S/C16H22N4S/c1-12-5-7-14(8-6-12)15(20-9-3-4-10-20)11-17-16-19-18-13(2)21-16/h5-8,15H,3-4,9-11H2,1-2H3,(H,17,19). The van der Waals surface area contributed by atoms with E-state index in [9.17, 15) is 0 Å². The summed E-state index contributed by atoms with van der Waals surface area (Å²) < 4.78 is 0. The van der Waals surface area contributed by atoms with E-state index in [1.54, 1.807) is 11.3 Å². The largest absolute Gasteiger partial charge is 0.358 e. The van der Waals surface area contributed by atoms with Crippen molar-refractivity contribution in [2.45, 2.75) is 32.7 Å². The Morgan fingerprint density at radius 3 is 2.48 bits per heavy atom. The molecule has 0 saturated carbocycles. The third-order valence-electron chi connectivity index (χ3n) is 4.02. The highest BCUT2D eigenvalue weighted by molar-refractivity contribution is 7.15. The highest BCUT2D eigenvalue weighted by Gasteiger charge is 2.23. The zero-order valence-electron chi connectivity index (χ0n) is 12.7. The Labute approximate surface area is 130 Å². The molecule has 3 rings (SSSR count). The van der Waals surface area contributed by atoms with Crippen LogP contribution in [0.15, 0.2) is 24.3 Å². The summed E-state index contributed by atoms with van der Waals surface area (Å²) in [5.41, 5.74) is 2.70. The number of hydrogen-bond acceptors (Lipinski definition) is 5. The molecule has 5 heteroatoms. The Bertz CT molecular complexity index is 572. The minimum Gasteiger partial charge on any atom is -0.358 e. The molecular formula is C16H22N4S. The SMILES string of the molecule is Cc1ccc(C(CNc2nnc(C)s2)N2CCCC2)cc1. The van der Waals surface area contributed by atoms with Crippen molar-refractivity contribution in [3.05, 3.63) is 40.4 Å². The van der Waals surface area contributed by atoms with Crippen LogP contribution in [0.25, 0.3) is 0 Å². The highest BCUT2D eigenvalue weighted by Crippen LogP contribution is 2.26. The predicted octanol–water partition coefficient (Wildman–Crippen LogP) is 3.40. The van der Waals surface area contributed by atoms with E-state index in [-0.39, 0.29) is 0 Å². The van der Waals surface area contributed by atoms with Gasteiger partial charge in [-0.2, -0.15) is 0 Å². The molecule has 0 amide bonds. The predicted molar refractivity (Wildman–Crippen MR) is 87.9 cm³/mol. The van der Waals surface area contributed by atoms with Crippen molar-refractivity contribution in [2.75, 3.05) is 25.0 Å². The summed E-state index contributed by atoms with van der Waals surface area (Å²) in [7, 11) is 0. The van der Waals surface area contributed by atoms with Gasteiger partial charge in [-0.3, -0.25) is 4.90 Å². The van der Waals surface area contributed by atoms with E-state index < -0.39 is 0 Å². The first-order valence-corrected chi connectivity index (χ1v) is 8.38. The molecule has 2 heterocycles. The second kappa shape index (κ2) is 6.54. The fourth-order valence-electron chi connectivity index (χ4n) is 2.85. The number of rotatable bonds is 5. The Morgan fingerprint density at radius 2 is 1.86 bits per heavy atom. The van der Waals surface area contributed by atoms with E-state index in [0.29, 0.717) is 6.04 Å². The van der Waals surface area contributed by atoms with Gasteiger partial charge in [-0.1, -0.05) is 41.2 Å². The van der Waals surface area contributed by atoms with Gasteiger partial charge >= 0.3 is 0 Å². The van der Waals surface area contributed by atoms with Gasteiger partial charge in [0.2, 0.25) is 5.13 Å². The summed E-state index contributed by atoms with van der Waals surface area (Å²) in [6, 6.07) is 9.33. The molecular weight excluding hydrogens is 280 g/mol.